The molecule has 0 amide bonds. The van der Waals surface area contributed by atoms with E-state index in [0.29, 0.717) is 12.0 Å². The van der Waals surface area contributed by atoms with Crippen molar-refractivity contribution >= 4 is 11.3 Å². The zero-order valence-corrected chi connectivity index (χ0v) is 10.9. The van der Waals surface area contributed by atoms with Crippen molar-refractivity contribution in [1.82, 2.24) is 0 Å². The van der Waals surface area contributed by atoms with Gasteiger partial charge in [-0.05, 0) is 52.9 Å². The summed E-state index contributed by atoms with van der Waals surface area (Å²) in [6.45, 7) is -2.82. The van der Waals surface area contributed by atoms with Gasteiger partial charge in [-0.1, -0.05) is 12.1 Å². The van der Waals surface area contributed by atoms with Crippen LogP contribution in [0.25, 0.3) is 0 Å². The average Bonchev–Trinajstić information content (AvgIpc) is 2.89. The fourth-order valence-corrected chi connectivity index (χ4v) is 2.48. The summed E-state index contributed by atoms with van der Waals surface area (Å²) in [5.74, 6) is 0.101. The second kappa shape index (κ2) is 6.63. The molecule has 1 unspecified atom stereocenters. The van der Waals surface area contributed by atoms with Crippen LogP contribution in [0.5, 0.6) is 5.75 Å². The molecule has 0 bridgehead atoms. The van der Waals surface area contributed by atoms with Gasteiger partial charge in [-0.3, -0.25) is 0 Å². The lowest BCUT2D eigenvalue weighted by molar-refractivity contribution is -0.0498. The third-order valence-electron chi connectivity index (χ3n) is 2.78. The first-order valence-corrected chi connectivity index (χ1v) is 6.83. The lowest BCUT2D eigenvalue weighted by Gasteiger charge is -2.11. The summed E-state index contributed by atoms with van der Waals surface area (Å²) in [6, 6.07) is 8.12. The molecule has 102 valence electrons. The lowest BCUT2D eigenvalue weighted by Crippen LogP contribution is -2.03. The maximum atomic E-state index is 12.0. The molecule has 2 nitrogen and oxygen atoms in total. The molecule has 0 spiro atoms. The van der Waals surface area contributed by atoms with Gasteiger partial charge in [0.25, 0.3) is 0 Å². The minimum absolute atomic E-state index is 0.101. The summed E-state index contributed by atoms with van der Waals surface area (Å²) < 4.78 is 28.2. The van der Waals surface area contributed by atoms with E-state index in [4.69, 9.17) is 0 Å². The van der Waals surface area contributed by atoms with Crippen LogP contribution >= 0.6 is 11.3 Å². The van der Waals surface area contributed by atoms with Crippen LogP contribution in [0.2, 0.25) is 0 Å². The molecular weight excluding hydrogens is 270 g/mol. The van der Waals surface area contributed by atoms with Crippen molar-refractivity contribution in [3.8, 4) is 5.75 Å². The molecule has 0 aliphatic rings. The molecule has 1 aromatic carbocycles. The monoisotopic (exact) mass is 284 g/mol. The van der Waals surface area contributed by atoms with Gasteiger partial charge in [0.05, 0.1) is 6.10 Å². The number of benzene rings is 1. The quantitative estimate of drug-likeness (QED) is 0.868. The Labute approximate surface area is 114 Å². The highest BCUT2D eigenvalue weighted by Crippen LogP contribution is 2.23. The second-order valence-corrected chi connectivity index (χ2v) is 4.91. The molecule has 2 rings (SSSR count). The number of aryl methyl sites for hydroxylation is 1. The van der Waals surface area contributed by atoms with Crippen LogP contribution < -0.4 is 4.74 Å². The highest BCUT2D eigenvalue weighted by molar-refractivity contribution is 7.07. The third-order valence-corrected chi connectivity index (χ3v) is 3.51. The Hall–Kier alpha value is -1.46. The van der Waals surface area contributed by atoms with Gasteiger partial charge in [0, 0.05) is 0 Å². The second-order valence-electron chi connectivity index (χ2n) is 4.13. The summed E-state index contributed by atoms with van der Waals surface area (Å²) in [7, 11) is 0. The summed E-state index contributed by atoms with van der Waals surface area (Å²) in [5, 5.41) is 14.1. The third kappa shape index (κ3) is 4.29. The summed E-state index contributed by atoms with van der Waals surface area (Å²) >= 11 is 1.63. The molecule has 1 aromatic heterocycles. The molecule has 19 heavy (non-hydrogen) atoms. The molecule has 2 aromatic rings. The van der Waals surface area contributed by atoms with Gasteiger partial charge < -0.3 is 9.84 Å². The fraction of sp³-hybridized carbons (Fsp3) is 0.286. The Morgan fingerprint density at radius 2 is 1.89 bits per heavy atom. The molecule has 1 heterocycles. The van der Waals surface area contributed by atoms with Crippen LogP contribution in [0.3, 0.4) is 0 Å². The molecule has 0 aliphatic carbocycles. The molecule has 0 fully saturated rings. The van der Waals surface area contributed by atoms with Gasteiger partial charge >= 0.3 is 6.61 Å². The van der Waals surface area contributed by atoms with Crippen LogP contribution in [0, 0.1) is 0 Å². The Morgan fingerprint density at radius 1 is 1.16 bits per heavy atom. The average molecular weight is 284 g/mol. The molecule has 5 heteroatoms. The number of hydrogen-bond donors (Lipinski definition) is 1. The number of aliphatic hydroxyl groups is 1. The molecule has 0 radical (unpaired) electrons. The standard InChI is InChI=1S/C14H14F2O2S/c15-14(16)18-12-4-2-11(3-5-12)13(17)6-1-10-7-8-19-9-10/h2-5,7-9,13-14,17H,1,6H2. The smallest absolute Gasteiger partial charge is 0.387 e. The van der Waals surface area contributed by atoms with Crippen molar-refractivity contribution in [2.24, 2.45) is 0 Å². The summed E-state index contributed by atoms with van der Waals surface area (Å²) in [6.07, 6.45) is 0.798. The lowest BCUT2D eigenvalue weighted by atomic mass is 10.0. The fourth-order valence-electron chi connectivity index (χ4n) is 1.78. The molecule has 1 N–H and O–H groups in total. The van der Waals surface area contributed by atoms with Crippen molar-refractivity contribution in [3.05, 3.63) is 52.2 Å². The minimum Gasteiger partial charge on any atom is -0.435 e. The van der Waals surface area contributed by atoms with Crippen molar-refractivity contribution in [2.75, 3.05) is 0 Å². The van der Waals surface area contributed by atoms with Crippen molar-refractivity contribution < 1.29 is 18.6 Å². The molecular formula is C14H14F2O2S. The van der Waals surface area contributed by atoms with Crippen LogP contribution in [0.4, 0.5) is 8.78 Å². The highest BCUT2D eigenvalue weighted by atomic mass is 32.1. The largest absolute Gasteiger partial charge is 0.435 e. The predicted octanol–water partition coefficient (Wildman–Crippen LogP) is 4.02. The zero-order valence-electron chi connectivity index (χ0n) is 10.1. The number of rotatable bonds is 6. The van der Waals surface area contributed by atoms with Crippen LogP contribution in [0.1, 0.15) is 23.7 Å². The van der Waals surface area contributed by atoms with Gasteiger partial charge in [-0.2, -0.15) is 20.1 Å². The van der Waals surface area contributed by atoms with Gasteiger partial charge in [0.1, 0.15) is 5.75 Å². The number of hydrogen-bond acceptors (Lipinski definition) is 3. The van der Waals surface area contributed by atoms with Crippen LogP contribution in [-0.2, 0) is 6.42 Å². The number of aliphatic hydroxyl groups excluding tert-OH is 1. The van der Waals surface area contributed by atoms with E-state index in [2.05, 4.69) is 4.74 Å². The minimum atomic E-state index is -2.82. The molecule has 1 atom stereocenters. The SMILES string of the molecule is OC(CCc1ccsc1)c1ccc(OC(F)F)cc1. The van der Waals surface area contributed by atoms with E-state index in [-0.39, 0.29) is 5.75 Å². The van der Waals surface area contributed by atoms with Crippen LogP contribution in [0.15, 0.2) is 41.1 Å². The number of alkyl halides is 2. The van der Waals surface area contributed by atoms with Crippen molar-refractivity contribution in [3.63, 3.8) is 0 Å². The van der Waals surface area contributed by atoms with E-state index in [1.165, 1.54) is 17.7 Å². The van der Waals surface area contributed by atoms with E-state index in [1.807, 2.05) is 16.8 Å². The van der Waals surface area contributed by atoms with E-state index >= 15 is 0 Å². The van der Waals surface area contributed by atoms with E-state index in [0.717, 1.165) is 6.42 Å². The summed E-state index contributed by atoms with van der Waals surface area (Å²) in [4.78, 5) is 0. The highest BCUT2D eigenvalue weighted by Gasteiger charge is 2.09. The Morgan fingerprint density at radius 3 is 2.47 bits per heavy atom. The maximum absolute atomic E-state index is 12.0. The van der Waals surface area contributed by atoms with Gasteiger partial charge in [-0.25, -0.2) is 0 Å². The number of halogens is 2. The first-order chi connectivity index (χ1) is 9.15. The Balaban J connectivity index is 1.90. The zero-order chi connectivity index (χ0) is 13.7. The Kier molecular flexibility index (Phi) is 4.87. The van der Waals surface area contributed by atoms with E-state index < -0.39 is 12.7 Å². The number of ether oxygens (including phenoxy) is 1. The van der Waals surface area contributed by atoms with Crippen molar-refractivity contribution in [1.29, 1.82) is 0 Å². The first kappa shape index (κ1) is 14.0. The summed E-state index contributed by atoms with van der Waals surface area (Å²) in [5.41, 5.74) is 1.90. The molecule has 0 saturated heterocycles. The first-order valence-electron chi connectivity index (χ1n) is 5.89. The van der Waals surface area contributed by atoms with E-state index in [9.17, 15) is 13.9 Å². The predicted molar refractivity (Wildman–Crippen MR) is 70.7 cm³/mol. The van der Waals surface area contributed by atoms with Crippen LogP contribution in [-0.4, -0.2) is 11.7 Å². The van der Waals surface area contributed by atoms with Gasteiger partial charge in [-0.15, -0.1) is 0 Å². The normalized spacial score (nSPS) is 12.6. The molecule has 0 aliphatic heterocycles. The van der Waals surface area contributed by atoms with Gasteiger partial charge in [0.2, 0.25) is 0 Å². The molecule has 0 saturated carbocycles. The van der Waals surface area contributed by atoms with E-state index in [1.54, 1.807) is 23.5 Å². The van der Waals surface area contributed by atoms with Gasteiger partial charge in [0.15, 0.2) is 0 Å². The van der Waals surface area contributed by atoms with Crippen molar-refractivity contribution in [2.45, 2.75) is 25.6 Å². The Bertz CT molecular complexity index is 483. The topological polar surface area (TPSA) is 29.5 Å². The number of thiophene rings is 1. The maximum Gasteiger partial charge on any atom is 0.387 e.